The van der Waals surface area contributed by atoms with Gasteiger partial charge in [0, 0.05) is 71.2 Å². The molecule has 4 aliphatic heterocycles. The molecule has 324 valence electrons. The van der Waals surface area contributed by atoms with Gasteiger partial charge in [0.15, 0.2) is 0 Å². The lowest BCUT2D eigenvalue weighted by molar-refractivity contribution is -0.137. The van der Waals surface area contributed by atoms with E-state index in [1.807, 2.05) is 36.4 Å². The molecule has 5 atom stereocenters. The Hall–Kier alpha value is -5.25. The Labute approximate surface area is 367 Å². The van der Waals surface area contributed by atoms with Crippen LogP contribution in [0.2, 0.25) is 5.02 Å². The van der Waals surface area contributed by atoms with Crippen LogP contribution in [0.3, 0.4) is 0 Å². The smallest absolute Gasteiger partial charge is 0.255 e. The predicted molar refractivity (Wildman–Crippen MR) is 234 cm³/mol. The zero-order valence-corrected chi connectivity index (χ0v) is 36.0. The summed E-state index contributed by atoms with van der Waals surface area (Å²) in [4.78, 5) is 81.6. The normalized spacial score (nSPS) is 30.7. The predicted octanol–water partition coefficient (Wildman–Crippen LogP) is 5.73. The van der Waals surface area contributed by atoms with Gasteiger partial charge in [-0.15, -0.1) is 0 Å². The molecule has 2 saturated heterocycles. The molecule has 0 radical (unpaired) electrons. The van der Waals surface area contributed by atoms with Crippen molar-refractivity contribution in [2.24, 2.45) is 17.3 Å². The highest BCUT2D eigenvalue weighted by Crippen LogP contribution is 2.64. The Morgan fingerprint density at radius 3 is 2.52 bits per heavy atom. The molecular weight excluding hydrogens is 804 g/mol. The van der Waals surface area contributed by atoms with Gasteiger partial charge in [0.05, 0.1) is 6.04 Å². The number of halogens is 1. The number of carbonyl (C=O) groups excluding carboxylic acids is 6. The van der Waals surface area contributed by atoms with E-state index < -0.39 is 34.4 Å². The molecule has 2 aromatic carbocycles. The van der Waals surface area contributed by atoms with Gasteiger partial charge in [-0.25, -0.2) is 0 Å². The van der Waals surface area contributed by atoms with E-state index >= 15 is 0 Å². The molecule has 4 heterocycles. The first kappa shape index (κ1) is 42.1. The van der Waals surface area contributed by atoms with Crippen molar-refractivity contribution < 1.29 is 28.8 Å². The van der Waals surface area contributed by atoms with Gasteiger partial charge in [-0.05, 0) is 98.6 Å². The minimum absolute atomic E-state index is 0.0189. The number of unbranched alkanes of at least 4 members (excludes halogenated alkanes) is 1. The first-order chi connectivity index (χ1) is 29.9. The number of piperidine rings is 1. The fourth-order valence-corrected chi connectivity index (χ4v) is 12.3. The molecule has 9 rings (SSSR count). The van der Waals surface area contributed by atoms with E-state index in [0.717, 1.165) is 54.5 Å². The second-order valence-corrected chi connectivity index (χ2v) is 19.1. The van der Waals surface area contributed by atoms with E-state index in [0.29, 0.717) is 68.5 Å². The molecule has 5 N–H and O–H groups in total. The van der Waals surface area contributed by atoms with E-state index in [2.05, 4.69) is 57.5 Å². The van der Waals surface area contributed by atoms with Crippen molar-refractivity contribution in [1.29, 1.82) is 0 Å². The summed E-state index contributed by atoms with van der Waals surface area (Å²) < 4.78 is 0. The second-order valence-electron chi connectivity index (χ2n) is 18.7. The van der Waals surface area contributed by atoms with E-state index in [-0.39, 0.29) is 60.4 Å². The summed E-state index contributed by atoms with van der Waals surface area (Å²) in [6, 6.07) is 9.76. The maximum Gasteiger partial charge on any atom is 0.255 e. The van der Waals surface area contributed by atoms with Crippen molar-refractivity contribution in [3.63, 3.8) is 0 Å². The topological polar surface area (TPSA) is 166 Å². The summed E-state index contributed by atoms with van der Waals surface area (Å²) in [6.45, 7) is 2.95. The molecule has 2 aromatic rings. The maximum absolute atomic E-state index is 14.8. The molecule has 12 nitrogen and oxygen atoms in total. The zero-order chi connectivity index (χ0) is 43.2. The van der Waals surface area contributed by atoms with Crippen LogP contribution in [0.1, 0.15) is 124 Å². The number of nitrogens with zero attached hydrogens (tertiary/aromatic N) is 1. The summed E-state index contributed by atoms with van der Waals surface area (Å²) >= 11 is 6.48. The van der Waals surface area contributed by atoms with E-state index in [9.17, 15) is 28.8 Å². The molecule has 0 aromatic heterocycles. The van der Waals surface area contributed by atoms with Crippen LogP contribution in [0, 0.1) is 29.1 Å². The minimum Gasteiger partial charge on any atom is -0.356 e. The fourth-order valence-electron chi connectivity index (χ4n) is 12.1. The Morgan fingerprint density at radius 1 is 0.952 bits per heavy atom. The first-order valence-electron chi connectivity index (χ1n) is 22.5. The summed E-state index contributed by atoms with van der Waals surface area (Å²) in [7, 11) is 0. The highest BCUT2D eigenvalue weighted by molar-refractivity contribution is 6.31. The van der Waals surface area contributed by atoms with E-state index in [1.165, 1.54) is 4.90 Å². The van der Waals surface area contributed by atoms with Crippen molar-refractivity contribution in [3.05, 3.63) is 88.0 Å². The van der Waals surface area contributed by atoms with Crippen LogP contribution in [-0.2, 0) is 35.9 Å². The van der Waals surface area contributed by atoms with Gasteiger partial charge < -0.3 is 20.9 Å². The van der Waals surface area contributed by atoms with Crippen LogP contribution >= 0.6 is 11.6 Å². The largest absolute Gasteiger partial charge is 0.356 e. The molecule has 2 saturated carbocycles. The highest BCUT2D eigenvalue weighted by Gasteiger charge is 2.74. The lowest BCUT2D eigenvalue weighted by Gasteiger charge is -2.50. The van der Waals surface area contributed by atoms with Crippen molar-refractivity contribution in [2.45, 2.75) is 132 Å². The highest BCUT2D eigenvalue weighted by atomic mass is 35.5. The number of allylic oxidation sites excluding steroid dienone is 4. The summed E-state index contributed by atoms with van der Waals surface area (Å²) in [5, 5.41) is 16.5. The number of hydrogen-bond acceptors (Lipinski definition) is 7. The maximum atomic E-state index is 14.8. The van der Waals surface area contributed by atoms with Gasteiger partial charge >= 0.3 is 0 Å². The molecule has 2 spiro atoms. The van der Waals surface area contributed by atoms with Crippen molar-refractivity contribution in [2.75, 3.05) is 11.9 Å². The standard InChI is InChI=1S/C49H55ClN6O6/c1-47(23-6-3-7-24-47)41-40(55-48(25-8-4-9-26-48)49(41)36-20-17-32(50)28-37(36)53-46(49)62)44(60)52-33-18-15-31(16-19-33)42(58)51-27-10-2-5-12-30-13-11-14-34-35(30)29-56(45(34)61)38-21-22-39(57)54-43(38)59/h3,6-7,11,13-14,17,20,23,28,31,33,38,40-41,55H,2,4,8-10,15-16,18-19,21-22,24-27,29H2,1H3,(H,51,58)(H,52,60)(H,53,62)(H,54,57,59)/t31-,33-,38?,40-,41-,47?,49-/m1/s1. The van der Waals surface area contributed by atoms with Crippen LogP contribution in [-0.4, -0.2) is 70.6 Å². The van der Waals surface area contributed by atoms with Crippen molar-refractivity contribution in [1.82, 2.24) is 26.2 Å². The SMILES string of the molecule is CC1([C@H]2[C@H](C(=O)N[C@H]3CC[C@H](C(=O)NCCCC#Cc4cccc5c4CN(C4CCC(=O)NC4=O)C5=O)CC3)NC3(CCCCC3)[C@@]23C(=O)Nc2cc(Cl)ccc23)C=CC=CC1. The van der Waals surface area contributed by atoms with E-state index in [1.54, 1.807) is 12.1 Å². The third-order valence-corrected chi connectivity index (χ3v) is 15.2. The average molecular weight is 859 g/mol. The Balaban J connectivity index is 0.803. The van der Waals surface area contributed by atoms with Crippen LogP contribution in [0.15, 0.2) is 60.7 Å². The Bertz CT molecular complexity index is 2330. The van der Waals surface area contributed by atoms with Crippen LogP contribution < -0.4 is 26.6 Å². The Morgan fingerprint density at radius 2 is 1.76 bits per heavy atom. The average Bonchev–Trinajstić information content (AvgIpc) is 3.86. The monoisotopic (exact) mass is 858 g/mol. The Kier molecular flexibility index (Phi) is 11.4. The van der Waals surface area contributed by atoms with E-state index in [4.69, 9.17) is 11.6 Å². The number of fused-ring (bicyclic) bond motifs is 4. The van der Waals surface area contributed by atoms with Gasteiger partial charge in [-0.1, -0.05) is 86.1 Å². The van der Waals surface area contributed by atoms with Gasteiger partial charge in [-0.3, -0.25) is 39.4 Å². The lowest BCUT2D eigenvalue weighted by Crippen LogP contribution is -2.62. The quantitative estimate of drug-likeness (QED) is 0.129. The number of amides is 6. The summed E-state index contributed by atoms with van der Waals surface area (Å²) in [5.74, 6) is 4.78. The van der Waals surface area contributed by atoms with Gasteiger partial charge in [-0.2, -0.15) is 0 Å². The molecule has 3 aliphatic carbocycles. The molecule has 7 aliphatic rings. The summed E-state index contributed by atoms with van der Waals surface area (Å²) in [5.41, 5.74) is 1.69. The van der Waals surface area contributed by atoms with Gasteiger partial charge in [0.2, 0.25) is 29.5 Å². The van der Waals surface area contributed by atoms with Crippen molar-refractivity contribution >= 4 is 52.7 Å². The summed E-state index contributed by atoms with van der Waals surface area (Å²) in [6.07, 6.45) is 18.2. The molecular formula is C49H55ClN6O6. The van der Waals surface area contributed by atoms with Crippen LogP contribution in [0.25, 0.3) is 0 Å². The molecule has 6 amide bonds. The van der Waals surface area contributed by atoms with Gasteiger partial charge in [0.25, 0.3) is 5.91 Å². The van der Waals surface area contributed by atoms with Crippen molar-refractivity contribution in [3.8, 4) is 11.8 Å². The van der Waals surface area contributed by atoms with Crippen LogP contribution in [0.5, 0.6) is 0 Å². The number of hydrogen-bond donors (Lipinski definition) is 5. The molecule has 2 unspecified atom stereocenters. The molecule has 13 heteroatoms. The number of rotatable bonds is 8. The lowest BCUT2D eigenvalue weighted by atomic mass is 9.50. The fraction of sp³-hybridized carbons (Fsp3) is 0.510. The molecule has 62 heavy (non-hydrogen) atoms. The number of imide groups is 1. The number of anilines is 1. The molecule has 0 bridgehead atoms. The number of nitrogens with one attached hydrogen (secondary N) is 5. The van der Waals surface area contributed by atoms with Gasteiger partial charge in [0.1, 0.15) is 11.5 Å². The third kappa shape index (κ3) is 7.25. The first-order valence-corrected chi connectivity index (χ1v) is 22.9. The number of carbonyl (C=O) groups is 6. The number of benzene rings is 2. The zero-order valence-electron chi connectivity index (χ0n) is 35.2. The molecule has 4 fully saturated rings. The third-order valence-electron chi connectivity index (χ3n) is 15.0. The minimum atomic E-state index is -0.968. The second kappa shape index (κ2) is 16.8. The van der Waals surface area contributed by atoms with Crippen LogP contribution in [0.4, 0.5) is 5.69 Å².